The van der Waals surface area contributed by atoms with E-state index in [0.29, 0.717) is 20.0 Å². The standard InChI is InChI=1S/C14H17BrClN3OS/c1-19-6-4-14(5-7-19,13(17)21)18-12(20)9-2-3-11(16)10(15)8-9/h2-3,8H,4-7H2,1H3,(H2,17,21)(H,18,20). The number of piperidine rings is 1. The first-order valence-electron chi connectivity index (χ1n) is 6.60. The van der Waals surface area contributed by atoms with E-state index in [4.69, 9.17) is 29.6 Å². The minimum absolute atomic E-state index is 0.190. The molecule has 2 rings (SSSR count). The van der Waals surface area contributed by atoms with Gasteiger partial charge >= 0.3 is 0 Å². The normalized spacial score (nSPS) is 18.2. The Morgan fingerprint density at radius 1 is 1.48 bits per heavy atom. The summed E-state index contributed by atoms with van der Waals surface area (Å²) in [6, 6.07) is 5.06. The van der Waals surface area contributed by atoms with E-state index in [0.717, 1.165) is 25.9 Å². The second-order valence-corrected chi connectivity index (χ2v) is 7.03. The molecular formula is C14H17BrClN3OS. The largest absolute Gasteiger partial charge is 0.391 e. The van der Waals surface area contributed by atoms with Crippen molar-refractivity contribution in [1.29, 1.82) is 0 Å². The van der Waals surface area contributed by atoms with E-state index in [1.807, 2.05) is 7.05 Å². The fourth-order valence-electron chi connectivity index (χ4n) is 2.36. The molecule has 114 valence electrons. The lowest BCUT2D eigenvalue weighted by molar-refractivity contribution is 0.0890. The molecule has 21 heavy (non-hydrogen) atoms. The van der Waals surface area contributed by atoms with E-state index < -0.39 is 5.54 Å². The highest BCUT2D eigenvalue weighted by Gasteiger charge is 2.38. The van der Waals surface area contributed by atoms with Crippen molar-refractivity contribution in [1.82, 2.24) is 10.2 Å². The van der Waals surface area contributed by atoms with Gasteiger partial charge in [-0.3, -0.25) is 4.79 Å². The van der Waals surface area contributed by atoms with Crippen LogP contribution >= 0.6 is 39.7 Å². The molecule has 1 heterocycles. The van der Waals surface area contributed by atoms with Crippen LogP contribution in [-0.2, 0) is 0 Å². The predicted molar refractivity (Wildman–Crippen MR) is 92.9 cm³/mol. The Kier molecular flexibility index (Phi) is 5.24. The number of nitrogens with zero attached hydrogens (tertiary/aromatic N) is 1. The molecular weight excluding hydrogens is 374 g/mol. The molecule has 1 aromatic rings. The Morgan fingerprint density at radius 3 is 2.62 bits per heavy atom. The van der Waals surface area contributed by atoms with Crippen molar-refractivity contribution in [2.75, 3.05) is 20.1 Å². The summed E-state index contributed by atoms with van der Waals surface area (Å²) in [4.78, 5) is 15.0. The van der Waals surface area contributed by atoms with Crippen LogP contribution in [0, 0.1) is 0 Å². The molecule has 0 unspecified atom stereocenters. The molecule has 3 N–H and O–H groups in total. The summed E-state index contributed by atoms with van der Waals surface area (Å²) >= 11 is 14.5. The maximum atomic E-state index is 12.5. The van der Waals surface area contributed by atoms with Crippen molar-refractivity contribution in [3.05, 3.63) is 33.3 Å². The molecule has 0 aliphatic carbocycles. The van der Waals surface area contributed by atoms with Gasteiger partial charge in [-0.25, -0.2) is 0 Å². The second kappa shape index (κ2) is 6.60. The predicted octanol–water partition coefficient (Wildman–Crippen LogP) is 2.58. The topological polar surface area (TPSA) is 58.4 Å². The molecule has 1 saturated heterocycles. The van der Waals surface area contributed by atoms with Gasteiger partial charge in [-0.2, -0.15) is 0 Å². The molecule has 0 aromatic heterocycles. The van der Waals surface area contributed by atoms with Crippen molar-refractivity contribution in [2.45, 2.75) is 18.4 Å². The molecule has 1 aliphatic heterocycles. The van der Waals surface area contributed by atoms with Gasteiger partial charge in [0.2, 0.25) is 0 Å². The maximum absolute atomic E-state index is 12.5. The number of amides is 1. The van der Waals surface area contributed by atoms with Gasteiger partial charge < -0.3 is 16.0 Å². The average Bonchev–Trinajstić information content (AvgIpc) is 2.44. The summed E-state index contributed by atoms with van der Waals surface area (Å²) in [7, 11) is 2.04. The van der Waals surface area contributed by atoms with Gasteiger partial charge in [0, 0.05) is 23.1 Å². The lowest BCUT2D eigenvalue weighted by Crippen LogP contribution is -2.61. The number of halogens is 2. The fourth-order valence-corrected chi connectivity index (χ4v) is 3.11. The Labute approximate surface area is 143 Å². The highest BCUT2D eigenvalue weighted by molar-refractivity contribution is 9.10. The van der Waals surface area contributed by atoms with Crippen LogP contribution in [0.3, 0.4) is 0 Å². The number of likely N-dealkylation sites (tertiary alicyclic amines) is 1. The van der Waals surface area contributed by atoms with Crippen molar-refractivity contribution in [2.24, 2.45) is 5.73 Å². The third-order valence-corrected chi connectivity index (χ3v) is 5.45. The highest BCUT2D eigenvalue weighted by atomic mass is 79.9. The van der Waals surface area contributed by atoms with E-state index >= 15 is 0 Å². The molecule has 0 spiro atoms. The summed E-state index contributed by atoms with van der Waals surface area (Å²) in [6.45, 7) is 1.70. The number of carbonyl (C=O) groups is 1. The monoisotopic (exact) mass is 389 g/mol. The SMILES string of the molecule is CN1CCC(NC(=O)c2ccc(Cl)c(Br)c2)(C(N)=S)CC1. The molecule has 0 saturated carbocycles. The molecule has 1 fully saturated rings. The van der Waals surface area contributed by atoms with E-state index in [2.05, 4.69) is 26.1 Å². The lowest BCUT2D eigenvalue weighted by atomic mass is 9.87. The number of rotatable bonds is 3. The van der Waals surface area contributed by atoms with E-state index in [9.17, 15) is 4.79 Å². The third-order valence-electron chi connectivity index (χ3n) is 3.85. The van der Waals surface area contributed by atoms with Crippen molar-refractivity contribution in [3.8, 4) is 0 Å². The van der Waals surface area contributed by atoms with E-state index in [-0.39, 0.29) is 5.91 Å². The minimum Gasteiger partial charge on any atom is -0.391 e. The molecule has 1 aliphatic rings. The van der Waals surface area contributed by atoms with Crippen LogP contribution < -0.4 is 11.1 Å². The molecule has 7 heteroatoms. The van der Waals surface area contributed by atoms with Crippen LogP contribution in [0.1, 0.15) is 23.2 Å². The van der Waals surface area contributed by atoms with Crippen molar-refractivity contribution >= 4 is 50.6 Å². The van der Waals surface area contributed by atoms with Crippen LogP contribution in [-0.4, -0.2) is 41.5 Å². The number of carbonyl (C=O) groups excluding carboxylic acids is 1. The fraction of sp³-hybridized carbons (Fsp3) is 0.429. The maximum Gasteiger partial charge on any atom is 0.252 e. The van der Waals surface area contributed by atoms with Gasteiger partial charge in [0.25, 0.3) is 5.91 Å². The number of hydrogen-bond donors (Lipinski definition) is 2. The average molecular weight is 391 g/mol. The highest BCUT2D eigenvalue weighted by Crippen LogP contribution is 2.25. The quantitative estimate of drug-likeness (QED) is 0.779. The first-order chi connectivity index (χ1) is 9.84. The van der Waals surface area contributed by atoms with Crippen molar-refractivity contribution in [3.63, 3.8) is 0 Å². The summed E-state index contributed by atoms with van der Waals surface area (Å²) in [5.41, 5.74) is 5.82. The van der Waals surface area contributed by atoms with Crippen LogP contribution in [0.4, 0.5) is 0 Å². The summed E-state index contributed by atoms with van der Waals surface area (Å²) < 4.78 is 0.685. The van der Waals surface area contributed by atoms with E-state index in [1.165, 1.54) is 0 Å². The Hall–Kier alpha value is -0.690. The Balaban J connectivity index is 2.19. The Morgan fingerprint density at radius 2 is 2.10 bits per heavy atom. The van der Waals surface area contributed by atoms with Crippen molar-refractivity contribution < 1.29 is 4.79 Å². The van der Waals surface area contributed by atoms with Gasteiger partial charge in [0.05, 0.1) is 15.6 Å². The first-order valence-corrected chi connectivity index (χ1v) is 8.18. The number of thiocarbonyl (C=S) groups is 1. The number of nitrogens with one attached hydrogen (secondary N) is 1. The van der Waals surface area contributed by atoms with Crippen LogP contribution in [0.2, 0.25) is 5.02 Å². The van der Waals surface area contributed by atoms with Crippen LogP contribution in [0.5, 0.6) is 0 Å². The van der Waals surface area contributed by atoms with Gasteiger partial charge in [-0.05, 0) is 54.0 Å². The molecule has 4 nitrogen and oxygen atoms in total. The number of nitrogens with two attached hydrogens (primary N) is 1. The molecule has 0 radical (unpaired) electrons. The smallest absolute Gasteiger partial charge is 0.252 e. The van der Waals surface area contributed by atoms with Gasteiger partial charge in [0.1, 0.15) is 0 Å². The molecule has 1 aromatic carbocycles. The van der Waals surface area contributed by atoms with Crippen LogP contribution in [0.25, 0.3) is 0 Å². The van der Waals surface area contributed by atoms with Crippen LogP contribution in [0.15, 0.2) is 22.7 Å². The first kappa shape index (κ1) is 16.7. The van der Waals surface area contributed by atoms with Gasteiger partial charge in [-0.15, -0.1) is 0 Å². The molecule has 0 bridgehead atoms. The zero-order valence-corrected chi connectivity index (χ0v) is 14.8. The minimum atomic E-state index is -0.606. The van der Waals surface area contributed by atoms with Gasteiger partial charge in [0.15, 0.2) is 0 Å². The zero-order valence-electron chi connectivity index (χ0n) is 11.7. The lowest BCUT2D eigenvalue weighted by Gasteiger charge is -2.40. The molecule has 0 atom stereocenters. The number of benzene rings is 1. The summed E-state index contributed by atoms with van der Waals surface area (Å²) in [6.07, 6.45) is 1.44. The zero-order chi connectivity index (χ0) is 15.6. The number of hydrogen-bond acceptors (Lipinski definition) is 3. The van der Waals surface area contributed by atoms with Gasteiger partial charge in [-0.1, -0.05) is 23.8 Å². The Bertz CT molecular complexity index is 573. The third kappa shape index (κ3) is 3.74. The summed E-state index contributed by atoms with van der Waals surface area (Å²) in [5.74, 6) is -0.190. The molecule has 1 amide bonds. The summed E-state index contributed by atoms with van der Waals surface area (Å²) in [5, 5.41) is 3.58. The second-order valence-electron chi connectivity index (χ2n) is 5.33. The van der Waals surface area contributed by atoms with E-state index in [1.54, 1.807) is 18.2 Å².